The molecule has 0 aromatic rings. The molecule has 0 aromatic heterocycles. The number of carbonyl (C=O) groups excluding carboxylic acids is 1. The summed E-state index contributed by atoms with van der Waals surface area (Å²) in [5.74, 6) is -0.394. The molecule has 18 heavy (non-hydrogen) atoms. The van der Waals surface area contributed by atoms with Crippen molar-refractivity contribution in [3.05, 3.63) is 12.2 Å². The maximum absolute atomic E-state index is 11.2. The highest BCUT2D eigenvalue weighted by atomic mass is 35.5. The molecule has 0 rings (SSSR count). The fourth-order valence-electron chi connectivity index (χ4n) is 1.71. The fraction of sp³-hybridized carbons (Fsp3) is 0.800. The monoisotopic (exact) mass is 274 g/mol. The van der Waals surface area contributed by atoms with Crippen molar-refractivity contribution in [2.75, 3.05) is 0 Å². The number of rotatable bonds is 11. The Bertz CT molecular complexity index is 239. The first kappa shape index (κ1) is 17.5. The zero-order valence-corrected chi connectivity index (χ0v) is 12.6. The molecule has 0 spiro atoms. The van der Waals surface area contributed by atoms with Crippen molar-refractivity contribution in [1.82, 2.24) is 0 Å². The molecule has 0 aliphatic heterocycles. The highest BCUT2D eigenvalue weighted by molar-refractivity contribution is 6.20. The Kier molecular flexibility index (Phi) is 11.3. The zero-order chi connectivity index (χ0) is 13.8. The van der Waals surface area contributed by atoms with Gasteiger partial charge in [0.2, 0.25) is 0 Å². The van der Waals surface area contributed by atoms with Crippen LogP contribution in [0.2, 0.25) is 0 Å². The van der Waals surface area contributed by atoms with Gasteiger partial charge >= 0.3 is 5.97 Å². The van der Waals surface area contributed by atoms with Crippen molar-refractivity contribution in [3.8, 4) is 0 Å². The summed E-state index contributed by atoms with van der Waals surface area (Å²) in [4.78, 5) is 11.2. The van der Waals surface area contributed by atoms with Gasteiger partial charge in [-0.3, -0.25) is 0 Å². The molecule has 0 aliphatic carbocycles. The standard InChI is InChI=1S/C15H27ClO2/c1-4-5-6-7-8-9-10-11-12-14(16)18-15(17)13(2)3/h14H,2,4-12H2,1,3H3. The van der Waals surface area contributed by atoms with E-state index in [0.29, 0.717) is 5.57 Å². The summed E-state index contributed by atoms with van der Waals surface area (Å²) in [5.41, 5.74) is -0.106. The zero-order valence-electron chi connectivity index (χ0n) is 11.8. The summed E-state index contributed by atoms with van der Waals surface area (Å²) in [7, 11) is 0. The lowest BCUT2D eigenvalue weighted by Crippen LogP contribution is -2.12. The number of unbranched alkanes of at least 4 members (excludes halogenated alkanes) is 7. The molecule has 3 heteroatoms. The molecular weight excluding hydrogens is 248 g/mol. The third-order valence-electron chi connectivity index (χ3n) is 2.87. The Hall–Kier alpha value is -0.500. The van der Waals surface area contributed by atoms with Crippen molar-refractivity contribution in [1.29, 1.82) is 0 Å². The van der Waals surface area contributed by atoms with Crippen LogP contribution in [0.15, 0.2) is 12.2 Å². The Morgan fingerprint density at radius 3 is 2.11 bits per heavy atom. The smallest absolute Gasteiger partial charge is 0.334 e. The molecule has 0 saturated heterocycles. The van der Waals surface area contributed by atoms with Crippen molar-refractivity contribution in [3.63, 3.8) is 0 Å². The van der Waals surface area contributed by atoms with Gasteiger partial charge in [0.15, 0.2) is 5.56 Å². The van der Waals surface area contributed by atoms with Gasteiger partial charge < -0.3 is 4.74 Å². The van der Waals surface area contributed by atoms with Crippen LogP contribution in [-0.4, -0.2) is 11.5 Å². The van der Waals surface area contributed by atoms with Crippen molar-refractivity contribution >= 4 is 17.6 Å². The Morgan fingerprint density at radius 2 is 1.61 bits per heavy atom. The first-order valence-electron chi connectivity index (χ1n) is 7.08. The topological polar surface area (TPSA) is 26.3 Å². The summed E-state index contributed by atoms with van der Waals surface area (Å²) >= 11 is 5.92. The minimum absolute atomic E-state index is 0.394. The third-order valence-corrected chi connectivity index (χ3v) is 3.18. The van der Waals surface area contributed by atoms with Crippen LogP contribution in [0.25, 0.3) is 0 Å². The van der Waals surface area contributed by atoms with Crippen LogP contribution in [-0.2, 0) is 9.53 Å². The number of hydrogen-bond acceptors (Lipinski definition) is 2. The van der Waals surface area contributed by atoms with E-state index in [0.717, 1.165) is 12.8 Å². The molecule has 0 saturated carbocycles. The Labute approximate surface area is 117 Å². The van der Waals surface area contributed by atoms with Crippen molar-refractivity contribution < 1.29 is 9.53 Å². The van der Waals surface area contributed by atoms with Crippen LogP contribution in [0, 0.1) is 0 Å². The molecule has 0 aromatic carbocycles. The van der Waals surface area contributed by atoms with Gasteiger partial charge in [-0.15, -0.1) is 0 Å². The number of hydrogen-bond donors (Lipinski definition) is 0. The molecule has 0 heterocycles. The van der Waals surface area contributed by atoms with Gasteiger partial charge in [-0.1, -0.05) is 70.0 Å². The lowest BCUT2D eigenvalue weighted by Gasteiger charge is -2.10. The highest BCUT2D eigenvalue weighted by Gasteiger charge is 2.11. The van der Waals surface area contributed by atoms with E-state index in [-0.39, 0.29) is 0 Å². The van der Waals surface area contributed by atoms with Gasteiger partial charge in [-0.25, -0.2) is 4.79 Å². The van der Waals surface area contributed by atoms with Crippen molar-refractivity contribution in [2.45, 2.75) is 77.2 Å². The van der Waals surface area contributed by atoms with Gasteiger partial charge in [-0.05, 0) is 19.8 Å². The van der Waals surface area contributed by atoms with Crippen LogP contribution in [0.5, 0.6) is 0 Å². The van der Waals surface area contributed by atoms with Crippen LogP contribution in [0.3, 0.4) is 0 Å². The molecular formula is C15H27ClO2. The van der Waals surface area contributed by atoms with Crippen molar-refractivity contribution in [2.24, 2.45) is 0 Å². The number of carbonyl (C=O) groups is 1. The highest BCUT2D eigenvalue weighted by Crippen LogP contribution is 2.14. The number of esters is 1. The van der Waals surface area contributed by atoms with E-state index >= 15 is 0 Å². The number of alkyl halides is 1. The maximum atomic E-state index is 11.2. The molecule has 1 unspecified atom stereocenters. The lowest BCUT2D eigenvalue weighted by molar-refractivity contribution is -0.140. The molecule has 106 valence electrons. The molecule has 0 bridgehead atoms. The molecule has 0 aliphatic rings. The second-order valence-corrected chi connectivity index (χ2v) is 5.35. The SMILES string of the molecule is C=C(C)C(=O)OC(Cl)CCCCCCCCCC. The lowest BCUT2D eigenvalue weighted by atomic mass is 10.1. The average molecular weight is 275 g/mol. The van der Waals surface area contributed by atoms with E-state index in [4.69, 9.17) is 16.3 Å². The third kappa shape index (κ3) is 10.6. The summed E-state index contributed by atoms with van der Waals surface area (Å²) < 4.78 is 5.00. The van der Waals surface area contributed by atoms with E-state index in [1.807, 2.05) is 0 Å². The normalized spacial score (nSPS) is 12.2. The quantitative estimate of drug-likeness (QED) is 0.224. The summed E-state index contributed by atoms with van der Waals surface area (Å²) in [6.45, 7) is 7.38. The minimum atomic E-state index is -0.505. The molecule has 0 N–H and O–H groups in total. The van der Waals surface area contributed by atoms with Crippen LogP contribution in [0.1, 0.15) is 71.6 Å². The van der Waals surface area contributed by atoms with Gasteiger partial charge in [0, 0.05) is 5.57 Å². The van der Waals surface area contributed by atoms with E-state index in [1.54, 1.807) is 6.92 Å². The molecule has 2 nitrogen and oxygen atoms in total. The first-order valence-corrected chi connectivity index (χ1v) is 7.52. The fourth-order valence-corrected chi connectivity index (χ4v) is 1.95. The summed E-state index contributed by atoms with van der Waals surface area (Å²) in [6, 6.07) is 0. The first-order chi connectivity index (χ1) is 8.57. The van der Waals surface area contributed by atoms with Crippen LogP contribution in [0.4, 0.5) is 0 Å². The molecule has 0 amide bonds. The largest absolute Gasteiger partial charge is 0.443 e. The van der Waals surface area contributed by atoms with Gasteiger partial charge in [-0.2, -0.15) is 0 Å². The van der Waals surface area contributed by atoms with E-state index < -0.39 is 11.5 Å². The molecule has 0 radical (unpaired) electrons. The maximum Gasteiger partial charge on any atom is 0.334 e. The summed E-state index contributed by atoms with van der Waals surface area (Å²) in [5, 5.41) is 0. The number of halogens is 1. The van der Waals surface area contributed by atoms with E-state index in [9.17, 15) is 4.79 Å². The van der Waals surface area contributed by atoms with Gasteiger partial charge in [0.1, 0.15) is 0 Å². The number of ether oxygens (including phenoxy) is 1. The van der Waals surface area contributed by atoms with Crippen LogP contribution < -0.4 is 0 Å². The van der Waals surface area contributed by atoms with E-state index in [1.165, 1.54) is 44.9 Å². The predicted molar refractivity (Wildman–Crippen MR) is 77.8 cm³/mol. The second-order valence-electron chi connectivity index (χ2n) is 4.86. The molecule has 1 atom stereocenters. The Balaban J connectivity index is 3.32. The second kappa shape index (κ2) is 11.6. The van der Waals surface area contributed by atoms with Gasteiger partial charge in [0.05, 0.1) is 0 Å². The minimum Gasteiger partial charge on any atom is -0.443 e. The predicted octanol–water partition coefficient (Wildman–Crippen LogP) is 5.20. The molecule has 0 fully saturated rings. The van der Waals surface area contributed by atoms with Gasteiger partial charge in [0.25, 0.3) is 0 Å². The summed E-state index contributed by atoms with van der Waals surface area (Å²) in [6.07, 6.45) is 10.8. The Morgan fingerprint density at radius 1 is 1.11 bits per heavy atom. The van der Waals surface area contributed by atoms with E-state index in [2.05, 4.69) is 13.5 Å². The van der Waals surface area contributed by atoms with Crippen LogP contribution >= 0.6 is 11.6 Å². The average Bonchev–Trinajstić information content (AvgIpc) is 2.32.